The average Bonchev–Trinajstić information content (AvgIpc) is 3.07. The van der Waals surface area contributed by atoms with Gasteiger partial charge in [-0.15, -0.1) is 11.3 Å². The second-order valence-corrected chi connectivity index (χ2v) is 8.88. The van der Waals surface area contributed by atoms with Crippen LogP contribution < -0.4 is 0 Å². The molecule has 1 aromatic heterocycles. The smallest absolute Gasteiger partial charge is 0.338 e. The Hall–Kier alpha value is -1.22. The summed E-state index contributed by atoms with van der Waals surface area (Å²) in [6.07, 6.45) is 0. The molecule has 0 saturated carbocycles. The molecule has 1 atom stereocenters. The van der Waals surface area contributed by atoms with Gasteiger partial charge >= 0.3 is 5.97 Å². The molecule has 1 unspecified atom stereocenters. The Labute approximate surface area is 154 Å². The molecule has 0 radical (unpaired) electrons. The van der Waals surface area contributed by atoms with Crippen molar-refractivity contribution in [1.29, 1.82) is 0 Å². The van der Waals surface area contributed by atoms with Gasteiger partial charge in [-0.05, 0) is 59.4 Å². The molecular formula is C16H18BrNO4S2. The van der Waals surface area contributed by atoms with Gasteiger partial charge in [0.2, 0.25) is 10.0 Å². The number of hydrogen-bond donors (Lipinski definition) is 0. The van der Waals surface area contributed by atoms with E-state index >= 15 is 0 Å². The molecule has 0 bridgehead atoms. The number of rotatable bonds is 6. The lowest BCUT2D eigenvalue weighted by atomic mass is 10.2. The minimum Gasteiger partial charge on any atom is -0.462 e. The van der Waals surface area contributed by atoms with Crippen molar-refractivity contribution in [1.82, 2.24) is 4.31 Å². The van der Waals surface area contributed by atoms with E-state index in [0.29, 0.717) is 10.0 Å². The number of sulfonamides is 1. The molecule has 0 saturated heterocycles. The standard InChI is InChI=1S/C16H18BrNO4S2/c1-4-22-16(19)12-7-8-15(13(17)10-12)24(20,21)18(3)11(2)14-6-5-9-23-14/h5-11H,4H2,1-3H3. The summed E-state index contributed by atoms with van der Waals surface area (Å²) in [7, 11) is -2.16. The Morgan fingerprint density at radius 3 is 2.62 bits per heavy atom. The van der Waals surface area contributed by atoms with Crippen molar-refractivity contribution >= 4 is 43.3 Å². The molecule has 2 aromatic rings. The highest BCUT2D eigenvalue weighted by Gasteiger charge is 2.29. The van der Waals surface area contributed by atoms with Crippen molar-refractivity contribution < 1.29 is 17.9 Å². The predicted molar refractivity (Wildman–Crippen MR) is 97.8 cm³/mol. The Bertz CT molecular complexity index is 819. The molecular weight excluding hydrogens is 414 g/mol. The van der Waals surface area contributed by atoms with Gasteiger partial charge in [0.15, 0.2) is 0 Å². The van der Waals surface area contributed by atoms with Gasteiger partial charge in [0.1, 0.15) is 0 Å². The van der Waals surface area contributed by atoms with Gasteiger partial charge in [-0.3, -0.25) is 0 Å². The third-order valence-electron chi connectivity index (χ3n) is 3.60. The average molecular weight is 432 g/mol. The second-order valence-electron chi connectivity index (χ2n) is 5.08. The van der Waals surface area contributed by atoms with E-state index < -0.39 is 16.0 Å². The molecule has 0 N–H and O–H groups in total. The number of esters is 1. The maximum atomic E-state index is 12.9. The molecule has 1 heterocycles. The Morgan fingerprint density at radius 1 is 1.38 bits per heavy atom. The van der Waals surface area contributed by atoms with Crippen molar-refractivity contribution in [3.8, 4) is 0 Å². The van der Waals surface area contributed by atoms with E-state index in [2.05, 4.69) is 15.9 Å². The minimum absolute atomic E-state index is 0.112. The van der Waals surface area contributed by atoms with Crippen molar-refractivity contribution in [2.24, 2.45) is 0 Å². The molecule has 0 aliphatic rings. The monoisotopic (exact) mass is 431 g/mol. The van der Waals surface area contributed by atoms with E-state index in [1.807, 2.05) is 24.4 Å². The molecule has 24 heavy (non-hydrogen) atoms. The largest absolute Gasteiger partial charge is 0.462 e. The lowest BCUT2D eigenvalue weighted by Gasteiger charge is -2.24. The molecule has 0 fully saturated rings. The van der Waals surface area contributed by atoms with Crippen molar-refractivity contribution in [2.75, 3.05) is 13.7 Å². The highest BCUT2D eigenvalue weighted by molar-refractivity contribution is 9.10. The normalized spacial score (nSPS) is 13.0. The first-order valence-electron chi connectivity index (χ1n) is 7.27. The van der Waals surface area contributed by atoms with Gasteiger partial charge in [-0.25, -0.2) is 13.2 Å². The number of carbonyl (C=O) groups excluding carboxylic acids is 1. The molecule has 0 aliphatic carbocycles. The van der Waals surface area contributed by atoms with E-state index in [4.69, 9.17) is 4.74 Å². The van der Waals surface area contributed by atoms with Crippen LogP contribution in [0.2, 0.25) is 0 Å². The van der Waals surface area contributed by atoms with Gasteiger partial charge in [-0.1, -0.05) is 6.07 Å². The van der Waals surface area contributed by atoms with Crippen molar-refractivity contribution in [3.63, 3.8) is 0 Å². The zero-order chi connectivity index (χ0) is 17.9. The van der Waals surface area contributed by atoms with E-state index in [1.165, 1.54) is 33.8 Å². The van der Waals surface area contributed by atoms with Crippen molar-refractivity contribution in [2.45, 2.75) is 24.8 Å². The number of carbonyl (C=O) groups is 1. The zero-order valence-corrected chi connectivity index (χ0v) is 16.7. The van der Waals surface area contributed by atoms with Crippen LogP contribution in [0.3, 0.4) is 0 Å². The molecule has 1 aromatic carbocycles. The summed E-state index contributed by atoms with van der Waals surface area (Å²) >= 11 is 4.77. The molecule has 130 valence electrons. The Balaban J connectivity index is 2.34. The summed E-state index contributed by atoms with van der Waals surface area (Å²) in [6.45, 7) is 3.81. The third kappa shape index (κ3) is 3.88. The fourth-order valence-corrected chi connectivity index (χ4v) is 5.39. The van der Waals surface area contributed by atoms with Crippen molar-refractivity contribution in [3.05, 3.63) is 50.6 Å². The molecule has 5 nitrogen and oxygen atoms in total. The number of ether oxygens (including phenoxy) is 1. The van der Waals surface area contributed by atoms with Gasteiger partial charge in [-0.2, -0.15) is 4.31 Å². The predicted octanol–water partition coefficient (Wildman–Crippen LogP) is 4.07. The highest BCUT2D eigenvalue weighted by Crippen LogP contribution is 2.32. The van der Waals surface area contributed by atoms with E-state index in [9.17, 15) is 13.2 Å². The van der Waals surface area contributed by atoms with Crippen LogP contribution in [0.15, 0.2) is 45.1 Å². The summed E-state index contributed by atoms with van der Waals surface area (Å²) in [4.78, 5) is 12.8. The number of benzene rings is 1. The van der Waals surface area contributed by atoms with E-state index in [1.54, 1.807) is 14.0 Å². The van der Waals surface area contributed by atoms with Crippen LogP contribution in [0.4, 0.5) is 0 Å². The molecule has 8 heteroatoms. The molecule has 2 rings (SSSR count). The number of hydrogen-bond acceptors (Lipinski definition) is 5. The summed E-state index contributed by atoms with van der Waals surface area (Å²) in [5, 5.41) is 1.91. The minimum atomic E-state index is -3.71. The third-order valence-corrected chi connectivity index (χ3v) is 7.55. The zero-order valence-electron chi connectivity index (χ0n) is 13.5. The molecule has 0 aliphatic heterocycles. The lowest BCUT2D eigenvalue weighted by Crippen LogP contribution is -2.29. The Morgan fingerprint density at radius 2 is 2.08 bits per heavy atom. The lowest BCUT2D eigenvalue weighted by molar-refractivity contribution is 0.0526. The van der Waals surface area contributed by atoms with Crippen LogP contribution in [0.5, 0.6) is 0 Å². The first kappa shape index (κ1) is 19.1. The Kier molecular flexibility index (Phi) is 6.19. The van der Waals surface area contributed by atoms with Gasteiger partial charge < -0.3 is 4.74 Å². The number of thiophene rings is 1. The van der Waals surface area contributed by atoms with Crippen LogP contribution in [0, 0.1) is 0 Å². The van der Waals surface area contributed by atoms with Gasteiger partial charge in [0.05, 0.1) is 23.1 Å². The first-order chi connectivity index (χ1) is 11.3. The topological polar surface area (TPSA) is 63.7 Å². The number of halogens is 1. The maximum absolute atomic E-state index is 12.9. The maximum Gasteiger partial charge on any atom is 0.338 e. The highest BCUT2D eigenvalue weighted by atomic mass is 79.9. The SMILES string of the molecule is CCOC(=O)c1ccc(S(=O)(=O)N(C)C(C)c2cccs2)c(Br)c1. The van der Waals surface area contributed by atoms with Crippen LogP contribution in [-0.2, 0) is 14.8 Å². The van der Waals surface area contributed by atoms with Gasteiger partial charge in [0, 0.05) is 16.4 Å². The van der Waals surface area contributed by atoms with E-state index in [0.717, 1.165) is 4.88 Å². The van der Waals surface area contributed by atoms with Crippen LogP contribution in [0.1, 0.15) is 35.1 Å². The van der Waals surface area contributed by atoms with Crippen LogP contribution >= 0.6 is 27.3 Å². The fraction of sp³-hybridized carbons (Fsp3) is 0.312. The van der Waals surface area contributed by atoms with Crippen LogP contribution in [0.25, 0.3) is 0 Å². The van der Waals surface area contributed by atoms with Crippen LogP contribution in [-0.4, -0.2) is 32.3 Å². The summed E-state index contributed by atoms with van der Waals surface area (Å²) in [6, 6.07) is 7.85. The fourth-order valence-electron chi connectivity index (χ4n) is 2.12. The van der Waals surface area contributed by atoms with Gasteiger partial charge in [0.25, 0.3) is 0 Å². The summed E-state index contributed by atoms with van der Waals surface area (Å²) in [5.41, 5.74) is 0.302. The second kappa shape index (κ2) is 7.77. The van der Waals surface area contributed by atoms with E-state index in [-0.39, 0.29) is 17.5 Å². The summed E-state index contributed by atoms with van der Waals surface area (Å²) < 4.78 is 32.3. The number of nitrogens with zero attached hydrogens (tertiary/aromatic N) is 1. The molecule has 0 amide bonds. The summed E-state index contributed by atoms with van der Waals surface area (Å²) in [5.74, 6) is -0.484. The molecule has 0 spiro atoms. The first-order valence-corrected chi connectivity index (χ1v) is 10.4. The quantitative estimate of drug-likeness (QED) is 0.646.